The molecule has 1 amide bonds. The molecule has 0 heterocycles. The molecule has 1 aromatic carbocycles. The molecule has 6 heteroatoms. The van der Waals surface area contributed by atoms with Gasteiger partial charge in [0.1, 0.15) is 0 Å². The molecular weight excluding hydrogens is 208 g/mol. The molecular formula is C10H18N4O2. The van der Waals surface area contributed by atoms with Crippen molar-refractivity contribution in [1.82, 2.24) is 11.5 Å². The van der Waals surface area contributed by atoms with Gasteiger partial charge >= 0.3 is 0 Å². The first-order valence-corrected chi connectivity index (χ1v) is 4.65. The Morgan fingerprint density at radius 2 is 2.06 bits per heavy atom. The molecule has 90 valence electrons. The van der Waals surface area contributed by atoms with Gasteiger partial charge in [-0.2, -0.15) is 0 Å². The van der Waals surface area contributed by atoms with E-state index in [1.807, 2.05) is 0 Å². The van der Waals surface area contributed by atoms with Crippen LogP contribution in [0.2, 0.25) is 0 Å². The smallest absolute Gasteiger partial charge is 0.224 e. The van der Waals surface area contributed by atoms with Crippen molar-refractivity contribution < 1.29 is 9.90 Å². The maximum atomic E-state index is 11.3. The zero-order valence-electron chi connectivity index (χ0n) is 9.07. The summed E-state index contributed by atoms with van der Waals surface area (Å²) in [6.07, 6.45) is 0.201. The average molecular weight is 226 g/mol. The molecule has 0 saturated heterocycles. The summed E-state index contributed by atoms with van der Waals surface area (Å²) in [6.45, 7) is 0.191. The predicted molar refractivity (Wildman–Crippen MR) is 64.1 cm³/mol. The summed E-state index contributed by atoms with van der Waals surface area (Å²) in [7, 11) is 0. The molecule has 6 nitrogen and oxygen atoms in total. The summed E-state index contributed by atoms with van der Waals surface area (Å²) < 4.78 is 0. The van der Waals surface area contributed by atoms with Crippen molar-refractivity contribution in [2.45, 2.75) is 6.42 Å². The molecule has 9 N–H and O–H groups in total. The molecule has 0 saturated carbocycles. The number of nitrogens with one attached hydrogen (secondary N) is 1. The first-order chi connectivity index (χ1) is 7.13. The highest BCUT2D eigenvalue weighted by Gasteiger charge is 2.05. The van der Waals surface area contributed by atoms with Crippen LogP contribution in [-0.2, 0) is 11.2 Å². The summed E-state index contributed by atoms with van der Waals surface area (Å²) in [6, 6.07) is 5.04. The number of hydrogen-bond donors (Lipinski definition) is 5. The summed E-state index contributed by atoms with van der Waals surface area (Å²) >= 11 is 0. The second-order valence-electron chi connectivity index (χ2n) is 3.21. The van der Waals surface area contributed by atoms with E-state index < -0.39 is 0 Å². The zero-order chi connectivity index (χ0) is 11.3. The van der Waals surface area contributed by atoms with Crippen LogP contribution in [0.25, 0.3) is 0 Å². The van der Waals surface area contributed by atoms with E-state index in [4.69, 9.17) is 16.6 Å². The van der Waals surface area contributed by atoms with Gasteiger partial charge in [-0.25, -0.2) is 0 Å². The maximum absolute atomic E-state index is 11.3. The Morgan fingerprint density at radius 1 is 1.38 bits per heavy atom. The number of carbonyl (C=O) groups is 1. The van der Waals surface area contributed by atoms with Gasteiger partial charge in [-0.3, -0.25) is 4.79 Å². The monoisotopic (exact) mass is 226 g/mol. The quantitative estimate of drug-likeness (QED) is 0.447. The van der Waals surface area contributed by atoms with E-state index in [9.17, 15) is 4.79 Å². The second-order valence-corrected chi connectivity index (χ2v) is 3.21. The number of hydrogen-bond acceptors (Lipinski definition) is 5. The third-order valence-electron chi connectivity index (χ3n) is 1.95. The number of aliphatic hydroxyl groups is 1. The Balaban J connectivity index is 0.00000225. The van der Waals surface area contributed by atoms with E-state index in [1.54, 1.807) is 18.2 Å². The Labute approximate surface area is 94.2 Å². The van der Waals surface area contributed by atoms with Crippen molar-refractivity contribution in [2.75, 3.05) is 24.6 Å². The number of carbonyl (C=O) groups excluding carboxylic acids is 1. The second kappa shape index (κ2) is 6.65. The molecule has 0 radical (unpaired) electrons. The first-order valence-electron chi connectivity index (χ1n) is 4.65. The third kappa shape index (κ3) is 4.16. The average Bonchev–Trinajstić information content (AvgIpc) is 2.19. The Kier molecular flexibility index (Phi) is 5.91. The van der Waals surface area contributed by atoms with Crippen LogP contribution >= 0.6 is 0 Å². The SMILES string of the molecule is N.Nc1ccc(CC(=O)NCCO)c(N)c1. The third-order valence-corrected chi connectivity index (χ3v) is 1.95. The van der Waals surface area contributed by atoms with E-state index in [1.165, 1.54) is 0 Å². The fraction of sp³-hybridized carbons (Fsp3) is 0.300. The summed E-state index contributed by atoms with van der Waals surface area (Å²) in [4.78, 5) is 11.3. The van der Waals surface area contributed by atoms with Crippen LogP contribution in [0.15, 0.2) is 18.2 Å². The minimum absolute atomic E-state index is 0. The molecule has 1 rings (SSSR count). The van der Waals surface area contributed by atoms with E-state index >= 15 is 0 Å². The fourth-order valence-corrected chi connectivity index (χ4v) is 1.21. The van der Waals surface area contributed by atoms with Crippen LogP contribution in [-0.4, -0.2) is 24.2 Å². The van der Waals surface area contributed by atoms with E-state index in [2.05, 4.69) is 5.32 Å². The van der Waals surface area contributed by atoms with E-state index in [-0.39, 0.29) is 31.6 Å². The van der Waals surface area contributed by atoms with Crippen LogP contribution in [0, 0.1) is 0 Å². The van der Waals surface area contributed by atoms with Crippen molar-refractivity contribution in [3.8, 4) is 0 Å². The lowest BCUT2D eigenvalue weighted by atomic mass is 10.1. The van der Waals surface area contributed by atoms with Crippen molar-refractivity contribution in [1.29, 1.82) is 0 Å². The highest BCUT2D eigenvalue weighted by Crippen LogP contribution is 2.15. The molecule has 0 aromatic heterocycles. The topological polar surface area (TPSA) is 136 Å². The molecule has 0 unspecified atom stereocenters. The Morgan fingerprint density at radius 3 is 2.62 bits per heavy atom. The van der Waals surface area contributed by atoms with Crippen LogP contribution in [0.4, 0.5) is 11.4 Å². The van der Waals surface area contributed by atoms with Gasteiger partial charge in [0.25, 0.3) is 0 Å². The Hall–Kier alpha value is -1.79. The van der Waals surface area contributed by atoms with E-state index in [0.717, 1.165) is 5.56 Å². The van der Waals surface area contributed by atoms with Gasteiger partial charge in [0.15, 0.2) is 0 Å². The van der Waals surface area contributed by atoms with Gasteiger partial charge < -0.3 is 28.0 Å². The number of amides is 1. The number of nitrogens with two attached hydrogens (primary N) is 2. The van der Waals surface area contributed by atoms with Gasteiger partial charge in [-0.15, -0.1) is 0 Å². The zero-order valence-corrected chi connectivity index (χ0v) is 9.07. The molecule has 0 aliphatic heterocycles. The summed E-state index contributed by atoms with van der Waals surface area (Å²) in [5, 5.41) is 11.1. The molecule has 16 heavy (non-hydrogen) atoms. The molecule has 0 aliphatic carbocycles. The molecule has 0 fully saturated rings. The minimum atomic E-state index is -0.166. The van der Waals surface area contributed by atoms with E-state index in [0.29, 0.717) is 11.4 Å². The molecule has 0 bridgehead atoms. The van der Waals surface area contributed by atoms with Crippen LogP contribution < -0.4 is 22.9 Å². The lowest BCUT2D eigenvalue weighted by molar-refractivity contribution is -0.120. The number of anilines is 2. The van der Waals surface area contributed by atoms with Gasteiger partial charge in [0, 0.05) is 17.9 Å². The largest absolute Gasteiger partial charge is 0.399 e. The highest BCUT2D eigenvalue weighted by atomic mass is 16.3. The summed E-state index contributed by atoms with van der Waals surface area (Å²) in [5.41, 5.74) is 13.0. The maximum Gasteiger partial charge on any atom is 0.224 e. The minimum Gasteiger partial charge on any atom is -0.399 e. The predicted octanol–water partition coefficient (Wildman–Crippen LogP) is -0.336. The lowest BCUT2D eigenvalue weighted by Crippen LogP contribution is -2.28. The van der Waals surface area contributed by atoms with Gasteiger partial charge in [-0.05, 0) is 17.7 Å². The van der Waals surface area contributed by atoms with Crippen molar-refractivity contribution in [3.05, 3.63) is 23.8 Å². The van der Waals surface area contributed by atoms with Crippen LogP contribution in [0.1, 0.15) is 5.56 Å². The van der Waals surface area contributed by atoms with Gasteiger partial charge in [0.05, 0.1) is 13.0 Å². The van der Waals surface area contributed by atoms with Crippen LogP contribution in [0.5, 0.6) is 0 Å². The number of nitrogen functional groups attached to an aromatic ring is 2. The van der Waals surface area contributed by atoms with Crippen molar-refractivity contribution in [2.24, 2.45) is 0 Å². The molecule has 1 aromatic rings. The fourth-order valence-electron chi connectivity index (χ4n) is 1.21. The Bertz CT molecular complexity index is 355. The molecule has 0 spiro atoms. The number of rotatable bonds is 4. The molecule has 0 atom stereocenters. The first kappa shape index (κ1) is 14.2. The van der Waals surface area contributed by atoms with Crippen molar-refractivity contribution >= 4 is 17.3 Å². The lowest BCUT2D eigenvalue weighted by Gasteiger charge is -2.06. The van der Waals surface area contributed by atoms with Gasteiger partial charge in [-0.1, -0.05) is 6.07 Å². The van der Waals surface area contributed by atoms with Gasteiger partial charge in [0.2, 0.25) is 5.91 Å². The standard InChI is InChI=1S/C10H15N3O2.H3N/c11-8-2-1-7(9(12)6-8)5-10(15)13-3-4-14;/h1-2,6,14H,3-5,11-12H2,(H,13,15);1H3. The van der Waals surface area contributed by atoms with Crippen molar-refractivity contribution in [3.63, 3.8) is 0 Å². The number of aliphatic hydroxyl groups excluding tert-OH is 1. The number of benzene rings is 1. The normalized spacial score (nSPS) is 9.31. The van der Waals surface area contributed by atoms with Crippen LogP contribution in [0.3, 0.4) is 0 Å². The summed E-state index contributed by atoms with van der Waals surface area (Å²) in [5.74, 6) is -0.166. The highest BCUT2D eigenvalue weighted by molar-refractivity contribution is 5.80. The molecule has 0 aliphatic rings.